The van der Waals surface area contributed by atoms with E-state index in [0.717, 1.165) is 0 Å². The lowest BCUT2D eigenvalue weighted by Gasteiger charge is -2.23. The fraction of sp³-hybridized carbons (Fsp3) is 0.786. The summed E-state index contributed by atoms with van der Waals surface area (Å²) < 4.78 is 0. The van der Waals surface area contributed by atoms with Crippen molar-refractivity contribution in [2.24, 2.45) is 5.92 Å². The first kappa shape index (κ1) is 16.5. The predicted molar refractivity (Wildman–Crippen MR) is 75.9 cm³/mol. The summed E-state index contributed by atoms with van der Waals surface area (Å²) in [6.07, 6.45) is 0.243. The molecule has 6 heteroatoms. The number of carbonyl (C=O) groups is 3. The summed E-state index contributed by atoms with van der Waals surface area (Å²) in [4.78, 5) is 38.8. The zero-order chi connectivity index (χ0) is 15.4. The number of rotatable bonds is 5. The molecule has 0 bridgehead atoms. The molecule has 1 heterocycles. The van der Waals surface area contributed by atoms with Crippen molar-refractivity contribution in [1.29, 1.82) is 0 Å². The van der Waals surface area contributed by atoms with Crippen LogP contribution in [0.25, 0.3) is 0 Å². The van der Waals surface area contributed by atoms with E-state index in [-0.39, 0.29) is 48.7 Å². The van der Waals surface area contributed by atoms with Gasteiger partial charge in [-0.15, -0.1) is 0 Å². The average molecular weight is 283 g/mol. The monoisotopic (exact) mass is 283 g/mol. The molecule has 1 atom stereocenters. The smallest absolute Gasteiger partial charge is 0.239 e. The number of carbonyl (C=O) groups excluding carboxylic acids is 3. The SMILES string of the molecule is CC(C)NC(=O)CN(C)C(=O)C1CC(=O)N(C(C)C)C1. The molecule has 0 radical (unpaired) electrons. The van der Waals surface area contributed by atoms with Gasteiger partial charge in [-0.05, 0) is 27.7 Å². The summed E-state index contributed by atoms with van der Waals surface area (Å²) in [6.45, 7) is 8.09. The molecule has 0 aromatic heterocycles. The van der Waals surface area contributed by atoms with Gasteiger partial charge in [0.1, 0.15) is 0 Å². The lowest BCUT2D eigenvalue weighted by atomic mass is 10.1. The van der Waals surface area contributed by atoms with Crippen molar-refractivity contribution in [3.8, 4) is 0 Å². The third-order valence-corrected chi connectivity index (χ3v) is 3.34. The summed E-state index contributed by atoms with van der Waals surface area (Å²) in [6, 6.07) is 0.158. The number of nitrogens with one attached hydrogen (secondary N) is 1. The molecule has 1 aliphatic heterocycles. The Balaban J connectivity index is 2.54. The topological polar surface area (TPSA) is 69.7 Å². The molecule has 0 aromatic rings. The van der Waals surface area contributed by atoms with E-state index in [2.05, 4.69) is 5.32 Å². The van der Waals surface area contributed by atoms with E-state index in [9.17, 15) is 14.4 Å². The zero-order valence-electron chi connectivity index (χ0n) is 13.0. The van der Waals surface area contributed by atoms with Gasteiger partial charge in [0.2, 0.25) is 17.7 Å². The van der Waals surface area contributed by atoms with E-state index in [0.29, 0.717) is 6.54 Å². The number of likely N-dealkylation sites (N-methyl/N-ethyl adjacent to an activating group) is 1. The Morgan fingerprint density at radius 2 is 1.95 bits per heavy atom. The highest BCUT2D eigenvalue weighted by molar-refractivity contribution is 5.91. The molecule has 1 unspecified atom stereocenters. The lowest BCUT2D eigenvalue weighted by molar-refractivity contribution is -0.138. The van der Waals surface area contributed by atoms with Crippen molar-refractivity contribution in [3.05, 3.63) is 0 Å². The highest BCUT2D eigenvalue weighted by atomic mass is 16.2. The van der Waals surface area contributed by atoms with E-state index in [1.165, 1.54) is 4.90 Å². The molecule has 1 N–H and O–H groups in total. The van der Waals surface area contributed by atoms with Crippen molar-refractivity contribution in [2.45, 2.75) is 46.2 Å². The molecule has 1 rings (SSSR count). The molecule has 6 nitrogen and oxygen atoms in total. The normalized spacial score (nSPS) is 18.9. The minimum atomic E-state index is -0.332. The first-order valence-corrected chi connectivity index (χ1v) is 7.06. The van der Waals surface area contributed by atoms with Crippen LogP contribution in [-0.2, 0) is 14.4 Å². The Morgan fingerprint density at radius 1 is 1.35 bits per heavy atom. The maximum absolute atomic E-state index is 12.2. The number of hydrogen-bond acceptors (Lipinski definition) is 3. The highest BCUT2D eigenvalue weighted by Crippen LogP contribution is 2.21. The second-order valence-electron chi connectivity index (χ2n) is 5.96. The largest absolute Gasteiger partial charge is 0.352 e. The number of amides is 3. The lowest BCUT2D eigenvalue weighted by Crippen LogP contribution is -2.43. The number of likely N-dealkylation sites (tertiary alicyclic amines) is 1. The van der Waals surface area contributed by atoms with Gasteiger partial charge >= 0.3 is 0 Å². The van der Waals surface area contributed by atoms with Crippen LogP contribution in [-0.4, -0.2) is 59.7 Å². The van der Waals surface area contributed by atoms with Crippen molar-refractivity contribution >= 4 is 17.7 Å². The van der Waals surface area contributed by atoms with Crippen molar-refractivity contribution < 1.29 is 14.4 Å². The van der Waals surface area contributed by atoms with Crippen LogP contribution < -0.4 is 5.32 Å². The summed E-state index contributed by atoms with van der Waals surface area (Å²) in [7, 11) is 1.60. The van der Waals surface area contributed by atoms with Crippen molar-refractivity contribution in [1.82, 2.24) is 15.1 Å². The van der Waals surface area contributed by atoms with Gasteiger partial charge in [-0.1, -0.05) is 0 Å². The first-order chi connectivity index (χ1) is 9.22. The molecule has 1 fully saturated rings. The molecule has 1 saturated heterocycles. The fourth-order valence-electron chi connectivity index (χ4n) is 2.37. The molecule has 114 valence electrons. The fourth-order valence-corrected chi connectivity index (χ4v) is 2.37. The van der Waals surface area contributed by atoms with E-state index >= 15 is 0 Å². The van der Waals surface area contributed by atoms with Crippen molar-refractivity contribution in [2.75, 3.05) is 20.1 Å². The van der Waals surface area contributed by atoms with Gasteiger partial charge in [0.25, 0.3) is 0 Å². The Bertz CT molecular complexity index is 393. The third kappa shape index (κ3) is 4.21. The van der Waals surface area contributed by atoms with Crippen LogP contribution in [0.5, 0.6) is 0 Å². The minimum absolute atomic E-state index is 0.0124. The van der Waals surface area contributed by atoms with E-state index < -0.39 is 0 Å². The molecule has 0 aliphatic carbocycles. The maximum Gasteiger partial charge on any atom is 0.239 e. The first-order valence-electron chi connectivity index (χ1n) is 7.06. The predicted octanol–water partition coefficient (Wildman–Crippen LogP) is 0.226. The zero-order valence-corrected chi connectivity index (χ0v) is 13.0. The molecule has 20 heavy (non-hydrogen) atoms. The third-order valence-electron chi connectivity index (χ3n) is 3.34. The Labute approximate surface area is 120 Å². The van der Waals surface area contributed by atoms with Crippen LogP contribution in [0, 0.1) is 5.92 Å². The standard InChI is InChI=1S/C14H25N3O3/c1-9(2)15-12(18)8-16(5)14(20)11-6-13(19)17(7-11)10(3)4/h9-11H,6-8H2,1-5H3,(H,15,18). The van der Waals surface area contributed by atoms with Crippen LogP contribution in [0.15, 0.2) is 0 Å². The van der Waals surface area contributed by atoms with Crippen LogP contribution in [0.3, 0.4) is 0 Å². The quantitative estimate of drug-likeness (QED) is 0.785. The average Bonchev–Trinajstić information content (AvgIpc) is 2.69. The van der Waals surface area contributed by atoms with Gasteiger partial charge in [0.05, 0.1) is 12.5 Å². The Hall–Kier alpha value is -1.59. The van der Waals surface area contributed by atoms with Gasteiger partial charge < -0.3 is 15.1 Å². The molecule has 1 aliphatic rings. The van der Waals surface area contributed by atoms with Gasteiger partial charge in [-0.3, -0.25) is 14.4 Å². The van der Waals surface area contributed by atoms with Crippen LogP contribution in [0.4, 0.5) is 0 Å². The molecule has 3 amide bonds. The van der Waals surface area contributed by atoms with Gasteiger partial charge in [0.15, 0.2) is 0 Å². The second-order valence-corrected chi connectivity index (χ2v) is 5.96. The summed E-state index contributed by atoms with van der Waals surface area (Å²) in [5.41, 5.74) is 0. The van der Waals surface area contributed by atoms with Gasteiger partial charge in [-0.2, -0.15) is 0 Å². The highest BCUT2D eigenvalue weighted by Gasteiger charge is 2.36. The Kier molecular flexibility index (Phi) is 5.53. The van der Waals surface area contributed by atoms with Crippen LogP contribution in [0.1, 0.15) is 34.1 Å². The number of hydrogen-bond donors (Lipinski definition) is 1. The molecular weight excluding hydrogens is 258 g/mol. The van der Waals surface area contributed by atoms with Crippen molar-refractivity contribution in [3.63, 3.8) is 0 Å². The summed E-state index contributed by atoms with van der Waals surface area (Å²) in [5.74, 6) is -0.638. The molecule has 0 aromatic carbocycles. The minimum Gasteiger partial charge on any atom is -0.352 e. The Morgan fingerprint density at radius 3 is 2.40 bits per heavy atom. The number of nitrogens with zero attached hydrogens (tertiary/aromatic N) is 2. The van der Waals surface area contributed by atoms with E-state index in [1.807, 2.05) is 27.7 Å². The second kappa shape index (κ2) is 6.72. The summed E-state index contributed by atoms with van der Waals surface area (Å²) >= 11 is 0. The van der Waals surface area contributed by atoms with Gasteiger partial charge in [-0.25, -0.2) is 0 Å². The van der Waals surface area contributed by atoms with Crippen LogP contribution >= 0.6 is 0 Å². The van der Waals surface area contributed by atoms with Gasteiger partial charge in [0, 0.05) is 32.1 Å². The summed E-state index contributed by atoms with van der Waals surface area (Å²) in [5, 5.41) is 2.74. The van der Waals surface area contributed by atoms with E-state index in [1.54, 1.807) is 11.9 Å². The molecule has 0 spiro atoms. The molecular formula is C14H25N3O3. The van der Waals surface area contributed by atoms with E-state index in [4.69, 9.17) is 0 Å². The molecule has 0 saturated carbocycles. The van der Waals surface area contributed by atoms with Crippen LogP contribution in [0.2, 0.25) is 0 Å². The maximum atomic E-state index is 12.2.